The molecule has 1 aliphatic heterocycles. The van der Waals surface area contributed by atoms with Crippen LogP contribution in [0.15, 0.2) is 48.7 Å². The first-order chi connectivity index (χ1) is 12.7. The third-order valence-electron chi connectivity index (χ3n) is 4.44. The van der Waals surface area contributed by atoms with Gasteiger partial charge in [-0.05, 0) is 28.8 Å². The topological polar surface area (TPSA) is 78.4 Å². The number of anilines is 1. The van der Waals surface area contributed by atoms with Crippen LogP contribution in [0.25, 0.3) is 22.2 Å². The van der Waals surface area contributed by atoms with Gasteiger partial charge in [-0.25, -0.2) is 4.98 Å². The molecule has 1 fully saturated rings. The maximum absolute atomic E-state index is 10.8. The normalized spacial score (nSPS) is 16.0. The Hall–Kier alpha value is -2.35. The third kappa shape index (κ3) is 3.75. The minimum absolute atomic E-state index is 0.0341. The van der Waals surface area contributed by atoms with Crippen LogP contribution < -0.4 is 4.90 Å². The monoisotopic (exact) mass is 368 g/mol. The molecule has 7 heteroatoms. The second-order valence-electron chi connectivity index (χ2n) is 6.18. The van der Waals surface area contributed by atoms with Crippen molar-refractivity contribution in [1.29, 1.82) is 0 Å². The van der Waals surface area contributed by atoms with Gasteiger partial charge in [0.1, 0.15) is 5.82 Å². The van der Waals surface area contributed by atoms with E-state index in [9.17, 15) is 8.76 Å². The van der Waals surface area contributed by atoms with E-state index in [1.165, 1.54) is 0 Å². The number of aromatic nitrogens is 2. The molecule has 0 aliphatic carbocycles. The molecule has 0 bridgehead atoms. The molecule has 4 rings (SSSR count). The first-order valence-electron chi connectivity index (χ1n) is 8.44. The number of ether oxygens (including phenoxy) is 1. The highest BCUT2D eigenvalue weighted by molar-refractivity contribution is 7.78. The van der Waals surface area contributed by atoms with Crippen molar-refractivity contribution >= 4 is 27.9 Å². The predicted octanol–water partition coefficient (Wildman–Crippen LogP) is 2.51. The second kappa shape index (κ2) is 7.49. The molecule has 0 saturated carbocycles. The first kappa shape index (κ1) is 17.1. The van der Waals surface area contributed by atoms with Crippen LogP contribution in [0.3, 0.4) is 0 Å². The quantitative estimate of drug-likeness (QED) is 0.659. The van der Waals surface area contributed by atoms with Crippen LogP contribution in [0.4, 0.5) is 5.82 Å². The van der Waals surface area contributed by atoms with Crippen molar-refractivity contribution in [3.8, 4) is 11.1 Å². The highest BCUT2D eigenvalue weighted by Crippen LogP contribution is 2.25. The van der Waals surface area contributed by atoms with Crippen LogP contribution in [0.2, 0.25) is 0 Å². The van der Waals surface area contributed by atoms with Crippen molar-refractivity contribution in [2.75, 3.05) is 31.2 Å². The van der Waals surface area contributed by atoms with Crippen molar-refractivity contribution in [3.05, 3.63) is 54.2 Å². The fourth-order valence-electron chi connectivity index (χ4n) is 3.06. The Bertz CT molecular complexity index is 940. The summed E-state index contributed by atoms with van der Waals surface area (Å²) in [5.74, 6) is 0.901. The first-order valence-corrected chi connectivity index (χ1v) is 9.68. The van der Waals surface area contributed by atoms with Gasteiger partial charge in [0.25, 0.3) is 0 Å². The molecule has 1 atom stereocenters. The van der Waals surface area contributed by atoms with Crippen LogP contribution in [-0.2, 0) is 21.6 Å². The Balaban J connectivity index is 1.64. The number of morpholine rings is 1. The van der Waals surface area contributed by atoms with Crippen molar-refractivity contribution in [2.45, 2.75) is 5.75 Å². The lowest BCUT2D eigenvalue weighted by Crippen LogP contribution is -2.36. The molecule has 0 radical (unpaired) electrons. The molecule has 6 nitrogen and oxygen atoms in total. The number of hydrogen-bond donors (Lipinski definition) is 0. The Morgan fingerprint density at radius 1 is 1.04 bits per heavy atom. The minimum Gasteiger partial charge on any atom is -0.772 e. The van der Waals surface area contributed by atoms with Gasteiger partial charge >= 0.3 is 0 Å². The largest absolute Gasteiger partial charge is 0.772 e. The summed E-state index contributed by atoms with van der Waals surface area (Å²) in [5.41, 5.74) is 4.52. The van der Waals surface area contributed by atoms with Crippen molar-refractivity contribution < 1.29 is 13.5 Å². The Labute approximate surface area is 154 Å². The van der Waals surface area contributed by atoms with E-state index in [2.05, 4.69) is 9.88 Å². The Morgan fingerprint density at radius 2 is 1.77 bits per heavy atom. The zero-order valence-electron chi connectivity index (χ0n) is 14.1. The lowest BCUT2D eigenvalue weighted by molar-refractivity contribution is 0.122. The van der Waals surface area contributed by atoms with Gasteiger partial charge in [-0.15, -0.1) is 0 Å². The molecular formula is C19H18N3O3S-. The molecule has 2 heterocycles. The van der Waals surface area contributed by atoms with E-state index in [1.807, 2.05) is 48.7 Å². The molecule has 26 heavy (non-hydrogen) atoms. The number of rotatable bonds is 4. The predicted molar refractivity (Wildman–Crippen MR) is 101 cm³/mol. The molecule has 134 valence electrons. The van der Waals surface area contributed by atoms with Crippen LogP contribution >= 0.6 is 0 Å². The zero-order valence-corrected chi connectivity index (χ0v) is 14.9. The lowest BCUT2D eigenvalue weighted by Gasteiger charge is -2.27. The summed E-state index contributed by atoms with van der Waals surface area (Å²) in [6, 6.07) is 13.5. The van der Waals surface area contributed by atoms with Gasteiger partial charge in [-0.3, -0.25) is 9.19 Å². The van der Waals surface area contributed by atoms with Gasteiger partial charge in [0, 0.05) is 18.8 Å². The van der Waals surface area contributed by atoms with E-state index in [4.69, 9.17) is 9.72 Å². The molecule has 1 aliphatic rings. The highest BCUT2D eigenvalue weighted by Gasteiger charge is 2.13. The SMILES string of the molecule is O=S([O-])Cc1ccc(-c2ccc3ncc(N4CCOCC4)nc3c2)cc1. The fraction of sp³-hybridized carbons (Fsp3) is 0.263. The number of fused-ring (bicyclic) bond motifs is 1. The molecule has 1 saturated heterocycles. The fourth-order valence-corrected chi connectivity index (χ4v) is 3.52. The summed E-state index contributed by atoms with van der Waals surface area (Å²) in [4.78, 5) is 11.5. The Kier molecular flexibility index (Phi) is 4.92. The molecule has 1 unspecified atom stereocenters. The van der Waals surface area contributed by atoms with E-state index in [0.717, 1.165) is 46.6 Å². The minimum atomic E-state index is -2.07. The number of nitrogens with zero attached hydrogens (tertiary/aromatic N) is 3. The summed E-state index contributed by atoms with van der Waals surface area (Å²) in [5, 5.41) is 0. The molecule has 0 amide bonds. The van der Waals surface area contributed by atoms with Crippen molar-refractivity contribution in [1.82, 2.24) is 9.97 Å². The van der Waals surface area contributed by atoms with Gasteiger partial charge in [-0.1, -0.05) is 41.4 Å². The van der Waals surface area contributed by atoms with Gasteiger partial charge in [0.2, 0.25) is 0 Å². The molecule has 2 aromatic carbocycles. The van der Waals surface area contributed by atoms with E-state index in [1.54, 1.807) is 0 Å². The molecule has 0 spiro atoms. The molecular weight excluding hydrogens is 350 g/mol. The number of hydrogen-bond acceptors (Lipinski definition) is 6. The second-order valence-corrected chi connectivity index (χ2v) is 7.07. The summed E-state index contributed by atoms with van der Waals surface area (Å²) >= 11 is -2.07. The van der Waals surface area contributed by atoms with Crippen LogP contribution in [0.5, 0.6) is 0 Å². The summed E-state index contributed by atoms with van der Waals surface area (Å²) in [7, 11) is 0. The maximum atomic E-state index is 10.8. The smallest absolute Gasteiger partial charge is 0.148 e. The van der Waals surface area contributed by atoms with Gasteiger partial charge in [-0.2, -0.15) is 0 Å². The van der Waals surface area contributed by atoms with Gasteiger partial charge < -0.3 is 14.2 Å². The molecule has 1 aromatic heterocycles. The summed E-state index contributed by atoms with van der Waals surface area (Å²) in [6.07, 6.45) is 1.81. The zero-order chi connectivity index (χ0) is 17.9. The van der Waals surface area contributed by atoms with Crippen molar-refractivity contribution in [3.63, 3.8) is 0 Å². The van der Waals surface area contributed by atoms with Crippen LogP contribution in [0, 0.1) is 0 Å². The Morgan fingerprint density at radius 3 is 2.50 bits per heavy atom. The standard InChI is InChI=1S/C19H19N3O3S/c23-26(24)13-14-1-3-15(4-2-14)16-5-6-17-18(11-16)21-19(12-20-17)22-7-9-25-10-8-22/h1-6,11-12H,7-10,13H2,(H,23,24)/p-1. The van der Waals surface area contributed by atoms with E-state index >= 15 is 0 Å². The summed E-state index contributed by atoms with van der Waals surface area (Å²) in [6.45, 7) is 3.06. The van der Waals surface area contributed by atoms with E-state index in [0.29, 0.717) is 13.2 Å². The molecule has 0 N–H and O–H groups in total. The van der Waals surface area contributed by atoms with Crippen molar-refractivity contribution in [2.24, 2.45) is 0 Å². The molecule has 3 aromatic rings. The number of benzene rings is 2. The third-order valence-corrected chi connectivity index (χ3v) is 5.01. The van der Waals surface area contributed by atoms with Gasteiger partial charge in [0.15, 0.2) is 0 Å². The average Bonchev–Trinajstić information content (AvgIpc) is 2.68. The van der Waals surface area contributed by atoms with Crippen LogP contribution in [-0.4, -0.2) is 45.0 Å². The maximum Gasteiger partial charge on any atom is 0.148 e. The highest BCUT2D eigenvalue weighted by atomic mass is 32.2. The van der Waals surface area contributed by atoms with E-state index < -0.39 is 11.1 Å². The average molecular weight is 368 g/mol. The van der Waals surface area contributed by atoms with E-state index in [-0.39, 0.29) is 5.75 Å². The van der Waals surface area contributed by atoms with Crippen LogP contribution in [0.1, 0.15) is 5.56 Å². The summed E-state index contributed by atoms with van der Waals surface area (Å²) < 4.78 is 27.0. The lowest BCUT2D eigenvalue weighted by atomic mass is 10.0. The van der Waals surface area contributed by atoms with Gasteiger partial charge in [0.05, 0.1) is 30.4 Å².